The van der Waals surface area contributed by atoms with E-state index in [1.165, 1.54) is 14.2 Å². The Labute approximate surface area is 133 Å². The first kappa shape index (κ1) is 17.4. The van der Waals surface area contributed by atoms with Crippen LogP contribution >= 0.6 is 0 Å². The van der Waals surface area contributed by atoms with Gasteiger partial charge in [0.1, 0.15) is 5.54 Å². The third-order valence-corrected chi connectivity index (χ3v) is 6.16. The summed E-state index contributed by atoms with van der Waals surface area (Å²) in [6.07, 6.45) is -0.193. The monoisotopic (exact) mass is 343 g/mol. The van der Waals surface area contributed by atoms with Gasteiger partial charge in [-0.3, -0.25) is 4.79 Å². The van der Waals surface area contributed by atoms with Crippen LogP contribution in [0.4, 0.5) is 0 Å². The molecule has 0 radical (unpaired) electrons. The minimum absolute atomic E-state index is 0.0531. The zero-order chi connectivity index (χ0) is 17.4. The van der Waals surface area contributed by atoms with E-state index in [9.17, 15) is 23.1 Å². The predicted octanol–water partition coefficient (Wildman–Crippen LogP) is 0.638. The molecule has 0 unspecified atom stereocenters. The average Bonchev–Trinajstić information content (AvgIpc) is 2.46. The predicted molar refractivity (Wildman–Crippen MR) is 78.7 cm³/mol. The van der Waals surface area contributed by atoms with E-state index in [-0.39, 0.29) is 29.4 Å². The maximum Gasteiger partial charge on any atom is 0.335 e. The van der Waals surface area contributed by atoms with Gasteiger partial charge < -0.3 is 14.9 Å². The summed E-state index contributed by atoms with van der Waals surface area (Å²) in [5.41, 5.74) is -1.60. The topological polar surface area (TPSA) is 121 Å². The van der Waals surface area contributed by atoms with Crippen LogP contribution in [-0.4, -0.2) is 60.7 Å². The fourth-order valence-corrected chi connectivity index (χ4v) is 4.07. The lowest BCUT2D eigenvalue weighted by Gasteiger charge is -2.47. The van der Waals surface area contributed by atoms with E-state index in [4.69, 9.17) is 9.84 Å². The minimum atomic E-state index is -4.07. The molecule has 1 aromatic carbocycles. The van der Waals surface area contributed by atoms with Gasteiger partial charge in [0.15, 0.2) is 0 Å². The number of ether oxygens (including phenoxy) is 1. The first-order valence-corrected chi connectivity index (χ1v) is 8.18. The Morgan fingerprint density at radius 3 is 2.13 bits per heavy atom. The number of carboxylic acid groups (broad SMARTS) is 2. The van der Waals surface area contributed by atoms with Gasteiger partial charge in [-0.1, -0.05) is 0 Å². The van der Waals surface area contributed by atoms with Crippen LogP contribution in [0.5, 0.6) is 0 Å². The fourth-order valence-electron chi connectivity index (χ4n) is 2.58. The molecule has 0 spiro atoms. The van der Waals surface area contributed by atoms with Crippen LogP contribution in [0.1, 0.15) is 23.2 Å². The highest BCUT2D eigenvalue weighted by molar-refractivity contribution is 7.89. The van der Waals surface area contributed by atoms with Crippen molar-refractivity contribution in [3.8, 4) is 0 Å². The van der Waals surface area contributed by atoms with Crippen LogP contribution < -0.4 is 0 Å². The van der Waals surface area contributed by atoms with Crippen molar-refractivity contribution in [3.05, 3.63) is 29.8 Å². The van der Waals surface area contributed by atoms with Crippen LogP contribution in [0, 0.1) is 0 Å². The number of nitrogens with zero attached hydrogens (tertiary/aromatic N) is 1. The number of methoxy groups -OCH3 is 1. The van der Waals surface area contributed by atoms with Crippen molar-refractivity contribution in [2.24, 2.45) is 0 Å². The van der Waals surface area contributed by atoms with Crippen molar-refractivity contribution in [1.82, 2.24) is 4.31 Å². The number of aliphatic carboxylic acids is 1. The number of sulfonamides is 1. The molecule has 1 aliphatic carbocycles. The highest BCUT2D eigenvalue weighted by atomic mass is 32.2. The first-order valence-electron chi connectivity index (χ1n) is 6.74. The van der Waals surface area contributed by atoms with E-state index >= 15 is 0 Å². The summed E-state index contributed by atoms with van der Waals surface area (Å²) < 4.78 is 31.1. The number of carboxylic acids is 2. The molecule has 0 aliphatic heterocycles. The Morgan fingerprint density at radius 2 is 1.74 bits per heavy atom. The van der Waals surface area contributed by atoms with E-state index in [0.29, 0.717) is 0 Å². The lowest BCUT2D eigenvalue weighted by atomic mass is 9.74. The van der Waals surface area contributed by atoms with Crippen LogP contribution in [0.3, 0.4) is 0 Å². The molecule has 1 aromatic rings. The van der Waals surface area contributed by atoms with E-state index < -0.39 is 27.5 Å². The standard InChI is InChI=1S/C14H17NO7S/c1-15(14(13(18)19)7-10(8-14)22-2)23(20,21)11-5-3-9(4-6-11)12(16)17/h3-6,10H,7-8H2,1-2H3,(H,16,17)(H,18,19). The van der Waals surface area contributed by atoms with E-state index in [1.807, 2.05) is 0 Å². The summed E-state index contributed by atoms with van der Waals surface area (Å²) in [6.45, 7) is 0. The van der Waals surface area contributed by atoms with E-state index in [1.54, 1.807) is 0 Å². The largest absolute Gasteiger partial charge is 0.480 e. The summed E-state index contributed by atoms with van der Waals surface area (Å²) in [7, 11) is -1.42. The number of hydrogen-bond acceptors (Lipinski definition) is 5. The second-order valence-electron chi connectivity index (χ2n) is 5.40. The molecule has 9 heteroatoms. The van der Waals surface area contributed by atoms with E-state index in [0.717, 1.165) is 28.6 Å². The fraction of sp³-hybridized carbons (Fsp3) is 0.429. The molecule has 0 aromatic heterocycles. The molecule has 1 aliphatic rings. The molecular weight excluding hydrogens is 326 g/mol. The molecule has 23 heavy (non-hydrogen) atoms. The Balaban J connectivity index is 2.34. The molecule has 126 valence electrons. The van der Waals surface area contributed by atoms with Crippen LogP contribution in [0.15, 0.2) is 29.2 Å². The van der Waals surface area contributed by atoms with Gasteiger partial charge in [-0.2, -0.15) is 4.31 Å². The van der Waals surface area contributed by atoms with Gasteiger partial charge in [0.2, 0.25) is 10.0 Å². The second kappa shape index (κ2) is 5.91. The van der Waals surface area contributed by atoms with Gasteiger partial charge in [0.05, 0.1) is 16.6 Å². The molecule has 2 N–H and O–H groups in total. The van der Waals surface area contributed by atoms with Crippen molar-refractivity contribution in [2.45, 2.75) is 29.4 Å². The smallest absolute Gasteiger partial charge is 0.335 e. The zero-order valence-electron chi connectivity index (χ0n) is 12.6. The lowest BCUT2D eigenvalue weighted by Crippen LogP contribution is -2.64. The number of hydrogen-bond donors (Lipinski definition) is 2. The summed E-state index contributed by atoms with van der Waals surface area (Å²) >= 11 is 0. The number of likely N-dealkylation sites (N-methyl/N-ethyl adjacent to an activating group) is 1. The molecule has 2 rings (SSSR count). The molecule has 0 heterocycles. The van der Waals surface area contributed by atoms with Gasteiger partial charge in [0.25, 0.3) is 0 Å². The van der Waals surface area contributed by atoms with Gasteiger partial charge in [0, 0.05) is 27.0 Å². The van der Waals surface area contributed by atoms with Crippen molar-refractivity contribution >= 4 is 22.0 Å². The quantitative estimate of drug-likeness (QED) is 0.777. The van der Waals surface area contributed by atoms with Gasteiger partial charge in [-0.15, -0.1) is 0 Å². The maximum atomic E-state index is 12.6. The van der Waals surface area contributed by atoms with Crippen molar-refractivity contribution in [2.75, 3.05) is 14.2 Å². The Morgan fingerprint density at radius 1 is 1.22 bits per heavy atom. The Bertz CT molecular complexity index is 720. The lowest BCUT2D eigenvalue weighted by molar-refractivity contribution is -0.162. The van der Waals surface area contributed by atoms with E-state index in [2.05, 4.69) is 0 Å². The van der Waals surface area contributed by atoms with Crippen molar-refractivity contribution in [3.63, 3.8) is 0 Å². The molecule has 1 fully saturated rings. The van der Waals surface area contributed by atoms with Gasteiger partial charge in [-0.25, -0.2) is 13.2 Å². The third kappa shape index (κ3) is 2.82. The SMILES string of the molecule is COC1CC(C(=O)O)(N(C)S(=O)(=O)c2ccc(C(=O)O)cc2)C1. The third-order valence-electron chi connectivity index (χ3n) is 4.22. The average molecular weight is 343 g/mol. The first-order chi connectivity index (χ1) is 10.6. The molecule has 0 amide bonds. The van der Waals surface area contributed by atoms with Gasteiger partial charge in [-0.05, 0) is 24.3 Å². The highest BCUT2D eigenvalue weighted by Crippen LogP contribution is 2.41. The summed E-state index contributed by atoms with van der Waals surface area (Å²) in [5.74, 6) is -2.41. The maximum absolute atomic E-state index is 12.6. The summed E-state index contributed by atoms with van der Waals surface area (Å²) in [4.78, 5) is 22.2. The Hall–Kier alpha value is -1.97. The molecular formula is C14H17NO7S. The van der Waals surface area contributed by atoms with Crippen LogP contribution in [0.25, 0.3) is 0 Å². The molecule has 1 saturated carbocycles. The number of aromatic carboxylic acids is 1. The molecule has 0 saturated heterocycles. The molecule has 0 atom stereocenters. The zero-order valence-corrected chi connectivity index (χ0v) is 13.4. The van der Waals surface area contributed by atoms with Crippen LogP contribution in [-0.2, 0) is 19.6 Å². The normalized spacial score (nSPS) is 24.2. The number of carbonyl (C=O) groups is 2. The summed E-state index contributed by atoms with van der Waals surface area (Å²) in [5, 5.41) is 18.3. The number of rotatable bonds is 6. The molecule has 8 nitrogen and oxygen atoms in total. The number of benzene rings is 1. The minimum Gasteiger partial charge on any atom is -0.480 e. The highest BCUT2D eigenvalue weighted by Gasteiger charge is 2.57. The second-order valence-corrected chi connectivity index (χ2v) is 7.37. The van der Waals surface area contributed by atoms with Crippen molar-refractivity contribution < 1.29 is 33.0 Å². The van der Waals surface area contributed by atoms with Crippen LogP contribution in [0.2, 0.25) is 0 Å². The molecule has 0 bridgehead atoms. The summed E-state index contributed by atoms with van der Waals surface area (Å²) in [6, 6.07) is 4.62. The Kier molecular flexibility index (Phi) is 4.47. The van der Waals surface area contributed by atoms with Crippen molar-refractivity contribution in [1.29, 1.82) is 0 Å². The van der Waals surface area contributed by atoms with Gasteiger partial charge >= 0.3 is 11.9 Å².